The van der Waals surface area contributed by atoms with Crippen molar-refractivity contribution in [1.29, 1.82) is 0 Å². The monoisotopic (exact) mass is 253 g/mol. The van der Waals surface area contributed by atoms with E-state index in [1.54, 1.807) is 7.11 Å². The van der Waals surface area contributed by atoms with Crippen LogP contribution in [0.5, 0.6) is 5.75 Å². The van der Waals surface area contributed by atoms with Crippen molar-refractivity contribution < 1.29 is 4.74 Å². The molecular weight excluding hydrogens is 234 g/mol. The van der Waals surface area contributed by atoms with E-state index in [9.17, 15) is 0 Å². The molecular formula is C17H19NO. The molecule has 1 aliphatic heterocycles. The van der Waals surface area contributed by atoms with Gasteiger partial charge in [0.25, 0.3) is 0 Å². The number of ether oxygens (including phenoxy) is 1. The number of benzene rings is 2. The summed E-state index contributed by atoms with van der Waals surface area (Å²) in [6, 6.07) is 17.2. The van der Waals surface area contributed by atoms with Crippen LogP contribution in [0.1, 0.15) is 22.6 Å². The van der Waals surface area contributed by atoms with Crippen molar-refractivity contribution in [2.45, 2.75) is 12.5 Å². The lowest BCUT2D eigenvalue weighted by Crippen LogP contribution is -2.30. The standard InChI is InChI=1S/C17H19NO/c1-18-11-14-5-3-4-6-16(14)17(12-18)13-7-9-15(19-2)10-8-13/h3-10,17H,11-12H2,1-2H3. The number of fused-ring (bicyclic) bond motifs is 1. The van der Waals surface area contributed by atoms with Gasteiger partial charge in [-0.3, -0.25) is 0 Å². The third-order valence-electron chi connectivity index (χ3n) is 3.88. The molecule has 1 heterocycles. The Labute approximate surface area is 114 Å². The number of nitrogens with zero attached hydrogens (tertiary/aromatic N) is 1. The summed E-state index contributed by atoms with van der Waals surface area (Å²) in [5.74, 6) is 1.38. The van der Waals surface area contributed by atoms with Gasteiger partial charge in [-0.2, -0.15) is 0 Å². The number of methoxy groups -OCH3 is 1. The molecule has 2 heteroatoms. The Hall–Kier alpha value is -1.80. The summed E-state index contributed by atoms with van der Waals surface area (Å²) < 4.78 is 5.24. The first kappa shape index (κ1) is 12.2. The maximum absolute atomic E-state index is 5.24. The molecule has 0 amide bonds. The van der Waals surface area contributed by atoms with Gasteiger partial charge in [0.15, 0.2) is 0 Å². The molecule has 19 heavy (non-hydrogen) atoms. The summed E-state index contributed by atoms with van der Waals surface area (Å²) in [6.45, 7) is 2.12. The fraction of sp³-hybridized carbons (Fsp3) is 0.294. The van der Waals surface area contributed by atoms with E-state index in [0.29, 0.717) is 5.92 Å². The summed E-state index contributed by atoms with van der Waals surface area (Å²) in [5.41, 5.74) is 4.27. The highest BCUT2D eigenvalue weighted by Crippen LogP contribution is 2.33. The first-order chi connectivity index (χ1) is 9.28. The van der Waals surface area contributed by atoms with Crippen LogP contribution in [0.2, 0.25) is 0 Å². The Balaban J connectivity index is 1.99. The maximum Gasteiger partial charge on any atom is 0.118 e. The minimum absolute atomic E-state index is 0.459. The summed E-state index contributed by atoms with van der Waals surface area (Å²) in [4.78, 5) is 2.39. The molecule has 0 N–H and O–H groups in total. The molecule has 2 aromatic carbocycles. The molecule has 0 aliphatic carbocycles. The van der Waals surface area contributed by atoms with Crippen LogP contribution in [-0.2, 0) is 6.54 Å². The molecule has 0 spiro atoms. The molecule has 0 saturated carbocycles. The van der Waals surface area contributed by atoms with Gasteiger partial charge in [0.1, 0.15) is 5.75 Å². The predicted octanol–water partition coefficient (Wildman–Crippen LogP) is 3.27. The van der Waals surface area contributed by atoms with Crippen LogP contribution in [-0.4, -0.2) is 25.6 Å². The van der Waals surface area contributed by atoms with E-state index in [4.69, 9.17) is 4.74 Å². The average molecular weight is 253 g/mol. The third-order valence-corrected chi connectivity index (χ3v) is 3.88. The van der Waals surface area contributed by atoms with Crippen LogP contribution in [0.15, 0.2) is 48.5 Å². The predicted molar refractivity (Wildman–Crippen MR) is 77.6 cm³/mol. The molecule has 1 aliphatic rings. The van der Waals surface area contributed by atoms with Crippen molar-refractivity contribution in [3.05, 3.63) is 65.2 Å². The largest absolute Gasteiger partial charge is 0.497 e. The van der Waals surface area contributed by atoms with Crippen molar-refractivity contribution in [2.75, 3.05) is 20.7 Å². The fourth-order valence-corrected chi connectivity index (χ4v) is 2.90. The molecule has 0 radical (unpaired) electrons. The zero-order valence-corrected chi connectivity index (χ0v) is 11.5. The third kappa shape index (κ3) is 2.36. The van der Waals surface area contributed by atoms with E-state index < -0.39 is 0 Å². The minimum atomic E-state index is 0.459. The molecule has 0 bridgehead atoms. The van der Waals surface area contributed by atoms with Gasteiger partial charge in [0.05, 0.1) is 7.11 Å². The van der Waals surface area contributed by atoms with Gasteiger partial charge in [-0.25, -0.2) is 0 Å². The number of hydrogen-bond acceptors (Lipinski definition) is 2. The van der Waals surface area contributed by atoms with Crippen LogP contribution in [0.3, 0.4) is 0 Å². The van der Waals surface area contributed by atoms with Crippen molar-refractivity contribution in [3.63, 3.8) is 0 Å². The zero-order chi connectivity index (χ0) is 13.2. The molecule has 1 unspecified atom stereocenters. The number of rotatable bonds is 2. The molecule has 2 nitrogen and oxygen atoms in total. The second kappa shape index (κ2) is 5.06. The van der Waals surface area contributed by atoms with Gasteiger partial charge in [-0.1, -0.05) is 36.4 Å². The first-order valence-electron chi connectivity index (χ1n) is 6.68. The van der Waals surface area contributed by atoms with Crippen molar-refractivity contribution in [1.82, 2.24) is 4.90 Å². The van der Waals surface area contributed by atoms with E-state index in [1.807, 2.05) is 12.1 Å². The fourth-order valence-electron chi connectivity index (χ4n) is 2.90. The molecule has 3 rings (SSSR count). The second-order valence-corrected chi connectivity index (χ2v) is 5.22. The maximum atomic E-state index is 5.24. The Morgan fingerprint density at radius 2 is 1.79 bits per heavy atom. The Morgan fingerprint density at radius 1 is 1.05 bits per heavy atom. The second-order valence-electron chi connectivity index (χ2n) is 5.22. The summed E-state index contributed by atoms with van der Waals surface area (Å²) in [6.07, 6.45) is 0. The van der Waals surface area contributed by atoms with Gasteiger partial charge >= 0.3 is 0 Å². The highest BCUT2D eigenvalue weighted by molar-refractivity contribution is 5.41. The van der Waals surface area contributed by atoms with Gasteiger partial charge < -0.3 is 9.64 Å². The van der Waals surface area contributed by atoms with E-state index in [-0.39, 0.29) is 0 Å². The average Bonchev–Trinajstić information content (AvgIpc) is 2.46. The van der Waals surface area contributed by atoms with Crippen LogP contribution in [0, 0.1) is 0 Å². The topological polar surface area (TPSA) is 12.5 Å². The lowest BCUT2D eigenvalue weighted by atomic mass is 9.85. The number of hydrogen-bond donors (Lipinski definition) is 0. The lowest BCUT2D eigenvalue weighted by molar-refractivity contribution is 0.295. The first-order valence-corrected chi connectivity index (χ1v) is 6.68. The normalized spacial score (nSPS) is 18.9. The van der Waals surface area contributed by atoms with Crippen molar-refractivity contribution in [2.24, 2.45) is 0 Å². The Bertz CT molecular complexity index is 562. The Morgan fingerprint density at radius 3 is 2.53 bits per heavy atom. The molecule has 0 aromatic heterocycles. The Kier molecular flexibility index (Phi) is 3.26. The SMILES string of the molecule is COc1ccc(C2CN(C)Cc3ccccc32)cc1. The van der Waals surface area contributed by atoms with Gasteiger partial charge in [-0.05, 0) is 35.9 Å². The molecule has 2 aromatic rings. The summed E-state index contributed by atoms with van der Waals surface area (Å²) in [7, 11) is 3.89. The summed E-state index contributed by atoms with van der Waals surface area (Å²) in [5, 5.41) is 0. The van der Waals surface area contributed by atoms with Crippen molar-refractivity contribution in [3.8, 4) is 5.75 Å². The quantitative estimate of drug-likeness (QED) is 0.814. The molecule has 98 valence electrons. The molecule has 1 atom stereocenters. The van der Waals surface area contributed by atoms with Crippen LogP contribution >= 0.6 is 0 Å². The summed E-state index contributed by atoms with van der Waals surface area (Å²) >= 11 is 0. The van der Waals surface area contributed by atoms with Crippen LogP contribution < -0.4 is 4.74 Å². The van der Waals surface area contributed by atoms with E-state index in [0.717, 1.165) is 18.8 Å². The van der Waals surface area contributed by atoms with E-state index in [2.05, 4.69) is 48.3 Å². The highest BCUT2D eigenvalue weighted by Gasteiger charge is 2.24. The number of likely N-dealkylation sites (N-methyl/N-ethyl adjacent to an activating group) is 1. The molecule has 0 fully saturated rings. The van der Waals surface area contributed by atoms with Gasteiger partial charge in [0, 0.05) is 19.0 Å². The molecule has 0 saturated heterocycles. The van der Waals surface area contributed by atoms with E-state index >= 15 is 0 Å². The zero-order valence-electron chi connectivity index (χ0n) is 11.5. The van der Waals surface area contributed by atoms with Crippen LogP contribution in [0.25, 0.3) is 0 Å². The lowest BCUT2D eigenvalue weighted by Gasteiger charge is -2.32. The van der Waals surface area contributed by atoms with Crippen LogP contribution in [0.4, 0.5) is 0 Å². The van der Waals surface area contributed by atoms with E-state index in [1.165, 1.54) is 16.7 Å². The van der Waals surface area contributed by atoms with Gasteiger partial charge in [-0.15, -0.1) is 0 Å². The minimum Gasteiger partial charge on any atom is -0.497 e. The highest BCUT2D eigenvalue weighted by atomic mass is 16.5. The van der Waals surface area contributed by atoms with Crippen molar-refractivity contribution >= 4 is 0 Å². The van der Waals surface area contributed by atoms with Gasteiger partial charge in [0.2, 0.25) is 0 Å². The smallest absolute Gasteiger partial charge is 0.118 e.